The molecule has 0 saturated heterocycles. The van der Waals surface area contributed by atoms with Crippen molar-refractivity contribution in [1.82, 2.24) is 0 Å². The number of aliphatic carboxylic acids is 1. The average molecular weight is 486 g/mol. The molecule has 0 fully saturated rings. The van der Waals surface area contributed by atoms with E-state index in [2.05, 4.69) is 44.2 Å². The van der Waals surface area contributed by atoms with Gasteiger partial charge in [-0.05, 0) is 76.0 Å². The summed E-state index contributed by atoms with van der Waals surface area (Å²) in [6, 6.07) is 0. The molecule has 0 aromatic carbocycles. The fraction of sp³-hybridized carbons (Fsp3) is 0.600. The molecule has 2 atom stereocenters. The normalized spacial score (nSPS) is 23.2. The minimum absolute atomic E-state index is 0.0664. The molecule has 1 N–H and O–H groups in total. The van der Waals surface area contributed by atoms with E-state index in [0.717, 1.165) is 49.9 Å². The second-order valence-corrected chi connectivity index (χ2v) is 9.14. The lowest BCUT2D eigenvalue weighted by Gasteiger charge is -2.14. The topological polar surface area (TPSA) is 68.1 Å². The molecule has 0 aromatic heterocycles. The van der Waals surface area contributed by atoms with Gasteiger partial charge in [-0.3, -0.25) is 9.79 Å². The first-order chi connectivity index (χ1) is 16.9. The van der Waals surface area contributed by atoms with Gasteiger partial charge >= 0.3 is 5.97 Å². The van der Waals surface area contributed by atoms with Gasteiger partial charge in [0.15, 0.2) is 0 Å². The van der Waals surface area contributed by atoms with Gasteiger partial charge in [-0.2, -0.15) is 0 Å². The largest absolute Gasteiger partial charge is 0.494 e. The number of carbonyl (C=O) groups is 1. The lowest BCUT2D eigenvalue weighted by molar-refractivity contribution is -0.138. The number of hydrogen-bond donors (Lipinski definition) is 1. The highest BCUT2D eigenvalue weighted by Gasteiger charge is 2.15. The van der Waals surface area contributed by atoms with E-state index >= 15 is 0 Å². The van der Waals surface area contributed by atoms with E-state index in [1.807, 2.05) is 39.8 Å². The van der Waals surface area contributed by atoms with Crippen molar-refractivity contribution in [3.05, 3.63) is 59.4 Å². The first-order valence-electron chi connectivity index (χ1n) is 13.4. The van der Waals surface area contributed by atoms with E-state index in [0.29, 0.717) is 25.0 Å². The molecule has 0 radical (unpaired) electrons. The quantitative estimate of drug-likeness (QED) is 0.195. The molecule has 5 nitrogen and oxygen atoms in total. The molecule has 196 valence electrons. The number of hydrogen-bond acceptors (Lipinski definition) is 4. The summed E-state index contributed by atoms with van der Waals surface area (Å²) < 4.78 is 12.0. The zero-order valence-electron chi connectivity index (χ0n) is 22.8. The molecule has 0 amide bonds. The van der Waals surface area contributed by atoms with Gasteiger partial charge in [-0.25, -0.2) is 0 Å². The zero-order chi connectivity index (χ0) is 26.1. The Morgan fingerprint density at radius 1 is 1.17 bits per heavy atom. The first-order valence-corrected chi connectivity index (χ1v) is 13.4. The maximum atomic E-state index is 11.1. The fourth-order valence-corrected chi connectivity index (χ4v) is 3.89. The van der Waals surface area contributed by atoms with Crippen molar-refractivity contribution in [2.45, 2.75) is 92.6 Å². The Hall–Kier alpha value is -2.56. The predicted octanol–water partition coefficient (Wildman–Crippen LogP) is 7.82. The standard InChI is InChI=1S/C28H41NO4.C2H6/c1-5-23-9-6-11-25(16-15-23)28(33-21(2)3)29-17-8-18-32-26-12-7-10-24(20-27(30)31)14-13-22(4)19-26;1-2/h7,9,11-12,15-16,19,21-22,24H,5-6,8,10,13-14,17-18,20H2,1-4H3,(H,30,31);1-2H3/b12-7-,26-19+,29-28?;/t22?,24-;/m0./s1. The number of ether oxygens (including phenoxy) is 2. The van der Waals surface area contributed by atoms with Crippen molar-refractivity contribution in [3.63, 3.8) is 0 Å². The summed E-state index contributed by atoms with van der Waals surface area (Å²) in [6.07, 6.45) is 20.5. The molecular formula is C30H47NO4. The number of carboxylic acids is 1. The van der Waals surface area contributed by atoms with Gasteiger partial charge < -0.3 is 14.6 Å². The van der Waals surface area contributed by atoms with Gasteiger partial charge in [0.1, 0.15) is 5.76 Å². The minimum atomic E-state index is -0.719. The number of aliphatic imine (C=N–C) groups is 1. The van der Waals surface area contributed by atoms with Crippen molar-refractivity contribution in [2.24, 2.45) is 16.8 Å². The molecule has 0 aromatic rings. The van der Waals surface area contributed by atoms with Crippen LogP contribution in [0.3, 0.4) is 0 Å². The first kappa shape index (κ1) is 30.5. The van der Waals surface area contributed by atoms with Crippen molar-refractivity contribution in [1.29, 1.82) is 0 Å². The molecule has 5 heteroatoms. The third-order valence-corrected chi connectivity index (χ3v) is 5.72. The molecule has 0 saturated carbocycles. The van der Waals surface area contributed by atoms with Crippen LogP contribution < -0.4 is 0 Å². The van der Waals surface area contributed by atoms with Crippen molar-refractivity contribution in [2.75, 3.05) is 13.2 Å². The van der Waals surface area contributed by atoms with Crippen LogP contribution in [0.2, 0.25) is 0 Å². The molecule has 0 spiro atoms. The Bertz CT molecular complexity index is 814. The van der Waals surface area contributed by atoms with Gasteiger partial charge in [0.25, 0.3) is 0 Å². The molecular weight excluding hydrogens is 438 g/mol. The highest BCUT2D eigenvalue weighted by Crippen LogP contribution is 2.24. The van der Waals surface area contributed by atoms with Crippen LogP contribution in [-0.4, -0.2) is 36.2 Å². The van der Waals surface area contributed by atoms with Crippen LogP contribution >= 0.6 is 0 Å². The molecule has 2 rings (SSSR count). The van der Waals surface area contributed by atoms with Crippen molar-refractivity contribution < 1.29 is 19.4 Å². The Balaban J connectivity index is 0.00000298. The Kier molecular flexibility index (Phi) is 15.5. The molecule has 35 heavy (non-hydrogen) atoms. The maximum Gasteiger partial charge on any atom is 0.303 e. The highest BCUT2D eigenvalue weighted by molar-refractivity contribution is 5.96. The van der Waals surface area contributed by atoms with Gasteiger partial charge in [-0.1, -0.05) is 57.6 Å². The summed E-state index contributed by atoms with van der Waals surface area (Å²) in [5.41, 5.74) is 2.37. The van der Waals surface area contributed by atoms with E-state index in [9.17, 15) is 4.79 Å². The number of allylic oxidation sites excluding steroid dienone is 7. The van der Waals surface area contributed by atoms with Gasteiger partial charge in [0, 0.05) is 25.0 Å². The second kappa shape index (κ2) is 17.8. The predicted molar refractivity (Wildman–Crippen MR) is 147 cm³/mol. The van der Waals surface area contributed by atoms with Gasteiger partial charge in [0.2, 0.25) is 5.90 Å². The van der Waals surface area contributed by atoms with Crippen LogP contribution in [-0.2, 0) is 14.3 Å². The van der Waals surface area contributed by atoms with Crippen LogP contribution in [0.5, 0.6) is 0 Å². The molecule has 0 bridgehead atoms. The molecule has 1 unspecified atom stereocenters. The summed E-state index contributed by atoms with van der Waals surface area (Å²) in [5.74, 6) is 1.40. The summed E-state index contributed by atoms with van der Waals surface area (Å²) in [7, 11) is 0. The van der Waals surface area contributed by atoms with Crippen LogP contribution in [0.1, 0.15) is 86.5 Å². The van der Waals surface area contributed by atoms with E-state index in [-0.39, 0.29) is 18.4 Å². The van der Waals surface area contributed by atoms with Crippen LogP contribution in [0.25, 0.3) is 0 Å². The number of nitrogens with zero attached hydrogens (tertiary/aromatic N) is 1. The van der Waals surface area contributed by atoms with Gasteiger partial charge in [-0.15, -0.1) is 0 Å². The van der Waals surface area contributed by atoms with E-state index in [1.165, 1.54) is 5.57 Å². The highest BCUT2D eigenvalue weighted by atomic mass is 16.5. The van der Waals surface area contributed by atoms with Crippen molar-refractivity contribution >= 4 is 11.9 Å². The third-order valence-electron chi connectivity index (χ3n) is 5.72. The molecule has 0 heterocycles. The second-order valence-electron chi connectivity index (χ2n) is 9.14. The van der Waals surface area contributed by atoms with Crippen LogP contribution in [0.4, 0.5) is 0 Å². The average Bonchev–Trinajstić information content (AvgIpc) is 3.03. The van der Waals surface area contributed by atoms with Crippen LogP contribution in [0, 0.1) is 11.8 Å². The van der Waals surface area contributed by atoms with Crippen LogP contribution in [0.15, 0.2) is 64.4 Å². The molecule has 2 aliphatic rings. The van der Waals surface area contributed by atoms with Gasteiger partial charge in [0.05, 0.1) is 12.7 Å². The Morgan fingerprint density at radius 3 is 2.63 bits per heavy atom. The van der Waals surface area contributed by atoms with E-state index in [1.54, 1.807) is 0 Å². The minimum Gasteiger partial charge on any atom is -0.494 e. The van der Waals surface area contributed by atoms with E-state index in [4.69, 9.17) is 19.6 Å². The third kappa shape index (κ3) is 13.2. The summed E-state index contributed by atoms with van der Waals surface area (Å²) in [4.78, 5) is 15.8. The smallest absolute Gasteiger partial charge is 0.303 e. The maximum absolute atomic E-state index is 11.1. The zero-order valence-corrected chi connectivity index (χ0v) is 22.8. The SMILES string of the molecule is CC.CCC1=CCC=C(C(=NCCCOC2=C/C(C)CC[C@@H](CC(=O)O)C/C=C\2)OC(C)C)C=C1. The summed E-state index contributed by atoms with van der Waals surface area (Å²) >= 11 is 0. The lowest BCUT2D eigenvalue weighted by Crippen LogP contribution is -2.14. The summed E-state index contributed by atoms with van der Waals surface area (Å²) in [5, 5.41) is 9.10. The summed E-state index contributed by atoms with van der Waals surface area (Å²) in [6.45, 7) is 13.6. The monoisotopic (exact) mass is 485 g/mol. The van der Waals surface area contributed by atoms with E-state index < -0.39 is 5.97 Å². The Labute approximate surface area is 213 Å². The van der Waals surface area contributed by atoms with Crippen molar-refractivity contribution in [3.8, 4) is 0 Å². The Morgan fingerprint density at radius 2 is 1.94 bits per heavy atom. The molecule has 2 aliphatic carbocycles. The lowest BCUT2D eigenvalue weighted by atomic mass is 9.92. The number of rotatable bonds is 10. The fourth-order valence-electron chi connectivity index (χ4n) is 3.89. The number of carboxylic acid groups (broad SMARTS) is 1. The molecule has 0 aliphatic heterocycles.